The van der Waals surface area contributed by atoms with Crippen molar-refractivity contribution in [3.05, 3.63) is 35.4 Å². The first-order valence-electron chi connectivity index (χ1n) is 5.58. The predicted octanol–water partition coefficient (Wildman–Crippen LogP) is 0.973. The van der Waals surface area contributed by atoms with Crippen molar-refractivity contribution in [2.75, 3.05) is 6.54 Å². The standard InChI is InChI=1S/C12H12F2N2O2/c13-8-3-7(4-9(14)5-8)12(18)15-6-11(17)16-10-1-2-10/h3-5,10H,1-2,6H2,(H,15,18)(H,16,17). The van der Waals surface area contributed by atoms with Crippen molar-refractivity contribution in [1.82, 2.24) is 10.6 Å². The highest BCUT2D eigenvalue weighted by Crippen LogP contribution is 2.18. The van der Waals surface area contributed by atoms with E-state index in [2.05, 4.69) is 10.6 Å². The van der Waals surface area contributed by atoms with Crippen LogP contribution in [0.5, 0.6) is 0 Å². The first kappa shape index (κ1) is 12.5. The van der Waals surface area contributed by atoms with E-state index in [1.165, 1.54) is 0 Å². The molecule has 1 saturated carbocycles. The van der Waals surface area contributed by atoms with E-state index in [0.717, 1.165) is 25.0 Å². The molecule has 1 aromatic rings. The van der Waals surface area contributed by atoms with Gasteiger partial charge >= 0.3 is 0 Å². The summed E-state index contributed by atoms with van der Waals surface area (Å²) in [5.74, 6) is -2.65. The van der Waals surface area contributed by atoms with Crippen LogP contribution < -0.4 is 10.6 Å². The highest BCUT2D eigenvalue weighted by atomic mass is 19.1. The Morgan fingerprint density at radius 1 is 1.17 bits per heavy atom. The average molecular weight is 254 g/mol. The van der Waals surface area contributed by atoms with E-state index in [0.29, 0.717) is 6.07 Å². The van der Waals surface area contributed by atoms with Gasteiger partial charge in [0.05, 0.1) is 6.54 Å². The summed E-state index contributed by atoms with van der Waals surface area (Å²) in [4.78, 5) is 22.8. The monoisotopic (exact) mass is 254 g/mol. The molecule has 18 heavy (non-hydrogen) atoms. The second kappa shape index (κ2) is 5.12. The minimum Gasteiger partial charge on any atom is -0.352 e. The molecule has 1 aromatic carbocycles. The number of carbonyl (C=O) groups excluding carboxylic acids is 2. The molecule has 1 fully saturated rings. The second-order valence-corrected chi connectivity index (χ2v) is 4.18. The summed E-state index contributed by atoms with van der Waals surface area (Å²) < 4.78 is 25.7. The minimum atomic E-state index is -0.831. The molecule has 0 aliphatic heterocycles. The Morgan fingerprint density at radius 2 is 1.78 bits per heavy atom. The second-order valence-electron chi connectivity index (χ2n) is 4.18. The van der Waals surface area contributed by atoms with E-state index in [1.807, 2.05) is 0 Å². The molecule has 0 heterocycles. The zero-order valence-electron chi connectivity index (χ0n) is 9.50. The summed E-state index contributed by atoms with van der Waals surface area (Å²) in [6.45, 7) is -0.201. The lowest BCUT2D eigenvalue weighted by molar-refractivity contribution is -0.120. The third kappa shape index (κ3) is 3.51. The van der Waals surface area contributed by atoms with E-state index in [-0.39, 0.29) is 24.1 Å². The van der Waals surface area contributed by atoms with Crippen LogP contribution in [0, 0.1) is 11.6 Å². The molecule has 0 spiro atoms. The molecule has 2 N–H and O–H groups in total. The third-order valence-corrected chi connectivity index (χ3v) is 2.48. The van der Waals surface area contributed by atoms with Gasteiger partial charge in [0.25, 0.3) is 5.91 Å². The van der Waals surface area contributed by atoms with Gasteiger partial charge in [-0.05, 0) is 25.0 Å². The lowest BCUT2D eigenvalue weighted by Crippen LogP contribution is -2.37. The molecule has 0 radical (unpaired) electrons. The van der Waals surface area contributed by atoms with Gasteiger partial charge < -0.3 is 10.6 Å². The number of carbonyl (C=O) groups is 2. The summed E-state index contributed by atoms with van der Waals surface area (Å²) >= 11 is 0. The Hall–Kier alpha value is -1.98. The minimum absolute atomic E-state index is 0.147. The predicted molar refractivity (Wildman–Crippen MR) is 59.9 cm³/mol. The zero-order valence-corrected chi connectivity index (χ0v) is 9.50. The first-order valence-corrected chi connectivity index (χ1v) is 5.58. The highest BCUT2D eigenvalue weighted by molar-refractivity contribution is 5.96. The van der Waals surface area contributed by atoms with Gasteiger partial charge in [-0.3, -0.25) is 9.59 Å². The lowest BCUT2D eigenvalue weighted by atomic mass is 10.2. The topological polar surface area (TPSA) is 58.2 Å². The van der Waals surface area contributed by atoms with Crippen LogP contribution >= 0.6 is 0 Å². The lowest BCUT2D eigenvalue weighted by Gasteiger charge is -2.06. The molecule has 2 rings (SSSR count). The number of amides is 2. The van der Waals surface area contributed by atoms with Crippen molar-refractivity contribution in [2.45, 2.75) is 18.9 Å². The number of benzene rings is 1. The molecule has 0 saturated heterocycles. The quantitative estimate of drug-likeness (QED) is 0.841. The van der Waals surface area contributed by atoms with Crippen molar-refractivity contribution in [1.29, 1.82) is 0 Å². The summed E-state index contributed by atoms with van der Waals surface area (Å²) in [7, 11) is 0. The first-order chi connectivity index (χ1) is 8.54. The molecule has 4 nitrogen and oxygen atoms in total. The Balaban J connectivity index is 1.88. The van der Waals surface area contributed by atoms with Crippen LogP contribution in [0.15, 0.2) is 18.2 Å². The van der Waals surface area contributed by atoms with Crippen molar-refractivity contribution < 1.29 is 18.4 Å². The molecule has 0 bridgehead atoms. The molecule has 0 atom stereocenters. The van der Waals surface area contributed by atoms with Crippen LogP contribution in [0.2, 0.25) is 0 Å². The molecular formula is C12H12F2N2O2. The van der Waals surface area contributed by atoms with Crippen molar-refractivity contribution in [2.24, 2.45) is 0 Å². The van der Waals surface area contributed by atoms with E-state index in [1.54, 1.807) is 0 Å². The van der Waals surface area contributed by atoms with Crippen LogP contribution in [0.3, 0.4) is 0 Å². The molecule has 1 aliphatic rings. The van der Waals surface area contributed by atoms with Crippen molar-refractivity contribution >= 4 is 11.8 Å². The summed E-state index contributed by atoms with van der Waals surface area (Å²) in [5, 5.41) is 4.98. The summed E-state index contributed by atoms with van der Waals surface area (Å²) in [5.41, 5.74) is -0.147. The Labute approximate surface area is 102 Å². The van der Waals surface area contributed by atoms with Crippen LogP contribution in [-0.2, 0) is 4.79 Å². The van der Waals surface area contributed by atoms with E-state index < -0.39 is 17.5 Å². The summed E-state index contributed by atoms with van der Waals surface area (Å²) in [6.07, 6.45) is 1.91. The zero-order chi connectivity index (χ0) is 13.1. The molecule has 2 amide bonds. The van der Waals surface area contributed by atoms with Gasteiger partial charge in [-0.25, -0.2) is 8.78 Å². The third-order valence-electron chi connectivity index (χ3n) is 2.48. The van der Waals surface area contributed by atoms with E-state index >= 15 is 0 Å². The highest BCUT2D eigenvalue weighted by Gasteiger charge is 2.23. The van der Waals surface area contributed by atoms with Crippen molar-refractivity contribution in [3.63, 3.8) is 0 Å². The number of halogens is 2. The number of hydrogen-bond donors (Lipinski definition) is 2. The van der Waals surface area contributed by atoms with Gasteiger partial charge in [-0.2, -0.15) is 0 Å². The smallest absolute Gasteiger partial charge is 0.251 e. The van der Waals surface area contributed by atoms with Crippen molar-refractivity contribution in [3.8, 4) is 0 Å². The molecule has 96 valence electrons. The number of hydrogen-bond acceptors (Lipinski definition) is 2. The average Bonchev–Trinajstić information content (AvgIpc) is 3.08. The Bertz CT molecular complexity index is 467. The fraction of sp³-hybridized carbons (Fsp3) is 0.333. The van der Waals surface area contributed by atoms with E-state index in [9.17, 15) is 18.4 Å². The maximum atomic E-state index is 12.9. The van der Waals surface area contributed by atoms with Gasteiger partial charge in [0.2, 0.25) is 5.91 Å². The van der Waals surface area contributed by atoms with Gasteiger partial charge in [-0.15, -0.1) is 0 Å². The van der Waals surface area contributed by atoms with Gasteiger partial charge in [-0.1, -0.05) is 0 Å². The SMILES string of the molecule is O=C(CNC(=O)c1cc(F)cc(F)c1)NC1CC1. The van der Waals surface area contributed by atoms with Crippen LogP contribution in [-0.4, -0.2) is 24.4 Å². The van der Waals surface area contributed by atoms with Gasteiger partial charge in [0, 0.05) is 17.7 Å². The van der Waals surface area contributed by atoms with Crippen LogP contribution in [0.4, 0.5) is 8.78 Å². The van der Waals surface area contributed by atoms with Crippen LogP contribution in [0.25, 0.3) is 0 Å². The van der Waals surface area contributed by atoms with E-state index in [4.69, 9.17) is 0 Å². The number of nitrogens with one attached hydrogen (secondary N) is 2. The normalized spacial score (nSPS) is 14.1. The molecule has 0 aromatic heterocycles. The maximum Gasteiger partial charge on any atom is 0.251 e. The maximum absolute atomic E-state index is 12.9. The molecule has 6 heteroatoms. The number of rotatable bonds is 4. The van der Waals surface area contributed by atoms with Gasteiger partial charge in [0.15, 0.2) is 0 Å². The molecule has 1 aliphatic carbocycles. The fourth-order valence-electron chi connectivity index (χ4n) is 1.45. The van der Waals surface area contributed by atoms with Gasteiger partial charge in [0.1, 0.15) is 11.6 Å². The Kier molecular flexibility index (Phi) is 3.55. The van der Waals surface area contributed by atoms with Crippen LogP contribution in [0.1, 0.15) is 23.2 Å². The molecule has 0 unspecified atom stereocenters. The fourth-order valence-corrected chi connectivity index (χ4v) is 1.45. The largest absolute Gasteiger partial charge is 0.352 e. The molecular weight excluding hydrogens is 242 g/mol. The summed E-state index contributed by atoms with van der Waals surface area (Å²) in [6, 6.07) is 2.71. The Morgan fingerprint density at radius 3 is 2.33 bits per heavy atom.